The van der Waals surface area contributed by atoms with Crippen molar-refractivity contribution in [3.8, 4) is 0 Å². The molecule has 0 radical (unpaired) electrons. The summed E-state index contributed by atoms with van der Waals surface area (Å²) in [6.07, 6.45) is -0.605. The molecule has 190 valence electrons. The molecule has 3 amide bonds. The fourth-order valence-corrected chi connectivity index (χ4v) is 3.52. The number of alkyl carbamates (subject to hydrolysis) is 1. The third-order valence-electron chi connectivity index (χ3n) is 5.34. The van der Waals surface area contributed by atoms with Crippen molar-refractivity contribution in [2.24, 2.45) is 0 Å². The zero-order valence-electron chi connectivity index (χ0n) is 20.8. The molecule has 0 spiro atoms. The standard InChI is InChI=1S/C26H30N4O6/c1-15(31)30(5)19-8-6-7-16(11-19)12-21(29-25(35)36-26(2,3)4)23(32)27-18-9-10-20-17(13-18)14-22(28-20)24(33)34/h6-11,13-14,21,28H,12H2,1-5H3,(H,27,32)(H,29,35)(H,33,34)/t21-/m0/s1. The van der Waals surface area contributed by atoms with E-state index >= 15 is 0 Å². The Hall–Kier alpha value is -4.34. The van der Waals surface area contributed by atoms with E-state index in [1.807, 2.05) is 0 Å². The molecule has 0 saturated heterocycles. The number of benzene rings is 2. The molecule has 10 heteroatoms. The fraction of sp³-hybridized carbons (Fsp3) is 0.308. The highest BCUT2D eigenvalue weighted by atomic mass is 16.6. The summed E-state index contributed by atoms with van der Waals surface area (Å²) in [6.45, 7) is 6.62. The lowest BCUT2D eigenvalue weighted by atomic mass is 10.0. The number of fused-ring (bicyclic) bond motifs is 1. The number of anilines is 2. The van der Waals surface area contributed by atoms with Gasteiger partial charge in [-0.2, -0.15) is 0 Å². The molecule has 1 heterocycles. The first kappa shape index (κ1) is 26.3. The number of carboxylic acids is 1. The normalized spacial score (nSPS) is 12.0. The third-order valence-corrected chi connectivity index (χ3v) is 5.34. The van der Waals surface area contributed by atoms with Gasteiger partial charge in [-0.05, 0) is 62.7 Å². The molecule has 0 aliphatic rings. The van der Waals surface area contributed by atoms with Gasteiger partial charge >= 0.3 is 12.1 Å². The molecule has 0 saturated carbocycles. The van der Waals surface area contributed by atoms with Crippen LogP contribution in [0.5, 0.6) is 0 Å². The van der Waals surface area contributed by atoms with Crippen LogP contribution in [0, 0.1) is 0 Å². The molecule has 3 aromatic rings. The maximum absolute atomic E-state index is 13.2. The summed E-state index contributed by atoms with van der Waals surface area (Å²) in [6, 6.07) is 12.5. The van der Waals surface area contributed by atoms with Crippen LogP contribution in [0.25, 0.3) is 10.9 Å². The number of amides is 3. The monoisotopic (exact) mass is 494 g/mol. The molecule has 2 aromatic carbocycles. The van der Waals surface area contributed by atoms with Gasteiger partial charge in [-0.1, -0.05) is 12.1 Å². The molecule has 0 unspecified atom stereocenters. The van der Waals surface area contributed by atoms with Gasteiger partial charge in [-0.3, -0.25) is 9.59 Å². The molecule has 10 nitrogen and oxygen atoms in total. The largest absolute Gasteiger partial charge is 0.477 e. The Kier molecular flexibility index (Phi) is 7.67. The SMILES string of the molecule is CC(=O)N(C)c1cccc(C[C@H](NC(=O)OC(C)(C)C)C(=O)Nc2ccc3[nH]c(C(=O)O)cc3c2)c1. The number of aromatic carboxylic acids is 1. The highest BCUT2D eigenvalue weighted by molar-refractivity contribution is 6.00. The van der Waals surface area contributed by atoms with Gasteiger partial charge in [-0.15, -0.1) is 0 Å². The van der Waals surface area contributed by atoms with Crippen LogP contribution in [0.4, 0.5) is 16.2 Å². The molecule has 0 aliphatic carbocycles. The first-order valence-electron chi connectivity index (χ1n) is 11.3. The number of H-pyrrole nitrogens is 1. The molecule has 4 N–H and O–H groups in total. The Morgan fingerprint density at radius 1 is 1.08 bits per heavy atom. The summed E-state index contributed by atoms with van der Waals surface area (Å²) >= 11 is 0. The summed E-state index contributed by atoms with van der Waals surface area (Å²) in [5.41, 5.74) is 1.71. The molecule has 36 heavy (non-hydrogen) atoms. The average molecular weight is 495 g/mol. The van der Waals surface area contributed by atoms with Crippen molar-refractivity contribution in [3.63, 3.8) is 0 Å². The van der Waals surface area contributed by atoms with Crippen molar-refractivity contribution >= 4 is 46.2 Å². The molecule has 0 fully saturated rings. The number of carbonyl (C=O) groups is 4. The van der Waals surface area contributed by atoms with E-state index in [0.29, 0.717) is 22.3 Å². The Morgan fingerprint density at radius 3 is 2.44 bits per heavy atom. The van der Waals surface area contributed by atoms with E-state index in [1.165, 1.54) is 17.9 Å². The first-order valence-corrected chi connectivity index (χ1v) is 11.3. The fourth-order valence-electron chi connectivity index (χ4n) is 3.52. The van der Waals surface area contributed by atoms with Crippen LogP contribution in [0.1, 0.15) is 43.7 Å². The Morgan fingerprint density at radius 2 is 1.81 bits per heavy atom. The summed E-state index contributed by atoms with van der Waals surface area (Å²) < 4.78 is 5.34. The number of aromatic amines is 1. The second kappa shape index (κ2) is 10.5. The van der Waals surface area contributed by atoms with Crippen molar-refractivity contribution in [1.82, 2.24) is 10.3 Å². The number of aromatic nitrogens is 1. The van der Waals surface area contributed by atoms with Crippen molar-refractivity contribution in [2.75, 3.05) is 17.3 Å². The Balaban J connectivity index is 1.84. The summed E-state index contributed by atoms with van der Waals surface area (Å²) in [5, 5.41) is 15.2. The predicted molar refractivity (Wildman–Crippen MR) is 136 cm³/mol. The van der Waals surface area contributed by atoms with E-state index < -0.39 is 29.6 Å². The van der Waals surface area contributed by atoms with Gasteiger partial charge in [0.05, 0.1) is 0 Å². The summed E-state index contributed by atoms with van der Waals surface area (Å²) in [5.74, 6) is -1.71. The van der Waals surface area contributed by atoms with Crippen LogP contribution >= 0.6 is 0 Å². The second-order valence-electron chi connectivity index (χ2n) is 9.43. The summed E-state index contributed by atoms with van der Waals surface area (Å²) in [7, 11) is 1.65. The Labute approximate surface area is 208 Å². The van der Waals surface area contributed by atoms with E-state index in [2.05, 4.69) is 15.6 Å². The highest BCUT2D eigenvalue weighted by Gasteiger charge is 2.25. The minimum absolute atomic E-state index is 0.0355. The van der Waals surface area contributed by atoms with Gasteiger partial charge < -0.3 is 30.4 Å². The van der Waals surface area contributed by atoms with Crippen LogP contribution in [0.2, 0.25) is 0 Å². The number of rotatable bonds is 7. The predicted octanol–water partition coefficient (Wildman–Crippen LogP) is 3.92. The van der Waals surface area contributed by atoms with Gasteiger partial charge in [0.1, 0.15) is 17.3 Å². The quantitative estimate of drug-likeness (QED) is 0.392. The number of nitrogens with zero attached hydrogens (tertiary/aromatic N) is 1. The zero-order chi connectivity index (χ0) is 26.6. The molecular formula is C26H30N4O6. The maximum Gasteiger partial charge on any atom is 0.408 e. The number of ether oxygens (including phenoxy) is 1. The third kappa shape index (κ3) is 6.84. The molecule has 0 aliphatic heterocycles. The van der Waals surface area contributed by atoms with Gasteiger partial charge in [0, 0.05) is 42.7 Å². The highest BCUT2D eigenvalue weighted by Crippen LogP contribution is 2.21. The van der Waals surface area contributed by atoms with Crippen LogP contribution in [-0.4, -0.2) is 52.7 Å². The van der Waals surface area contributed by atoms with Crippen molar-refractivity contribution < 1.29 is 29.0 Å². The zero-order valence-corrected chi connectivity index (χ0v) is 20.8. The van der Waals surface area contributed by atoms with E-state index in [4.69, 9.17) is 4.74 Å². The van der Waals surface area contributed by atoms with Gasteiger partial charge in [0.15, 0.2) is 0 Å². The molecule has 1 atom stereocenters. The minimum Gasteiger partial charge on any atom is -0.477 e. The van der Waals surface area contributed by atoms with Crippen LogP contribution in [-0.2, 0) is 20.7 Å². The lowest BCUT2D eigenvalue weighted by Crippen LogP contribution is -2.47. The number of nitrogens with one attached hydrogen (secondary N) is 3. The molecule has 3 rings (SSSR count). The smallest absolute Gasteiger partial charge is 0.408 e. The lowest BCUT2D eigenvalue weighted by molar-refractivity contribution is -0.118. The topological polar surface area (TPSA) is 141 Å². The van der Waals surface area contributed by atoms with E-state index in [0.717, 1.165) is 5.56 Å². The lowest BCUT2D eigenvalue weighted by Gasteiger charge is -2.24. The second-order valence-corrected chi connectivity index (χ2v) is 9.43. The summed E-state index contributed by atoms with van der Waals surface area (Å²) in [4.78, 5) is 53.0. The van der Waals surface area contributed by atoms with Gasteiger partial charge in [0.2, 0.25) is 11.8 Å². The van der Waals surface area contributed by atoms with Crippen molar-refractivity contribution in [2.45, 2.75) is 45.8 Å². The average Bonchev–Trinajstić information content (AvgIpc) is 3.21. The number of hydrogen-bond donors (Lipinski definition) is 4. The van der Waals surface area contributed by atoms with Crippen LogP contribution in [0.3, 0.4) is 0 Å². The van der Waals surface area contributed by atoms with E-state index in [9.17, 15) is 24.3 Å². The number of carboxylic acid groups (broad SMARTS) is 1. The number of carbonyl (C=O) groups excluding carboxylic acids is 3. The molecule has 0 bridgehead atoms. The number of hydrogen-bond acceptors (Lipinski definition) is 5. The van der Waals surface area contributed by atoms with Crippen LogP contribution in [0.15, 0.2) is 48.5 Å². The first-order chi connectivity index (χ1) is 16.8. The Bertz CT molecular complexity index is 1310. The van der Waals surface area contributed by atoms with Gasteiger partial charge in [0.25, 0.3) is 0 Å². The van der Waals surface area contributed by atoms with E-state index in [1.54, 1.807) is 70.3 Å². The molecule has 1 aromatic heterocycles. The van der Waals surface area contributed by atoms with Crippen LogP contribution < -0.4 is 15.5 Å². The van der Waals surface area contributed by atoms with E-state index in [-0.39, 0.29) is 18.0 Å². The maximum atomic E-state index is 13.2. The van der Waals surface area contributed by atoms with Crippen molar-refractivity contribution in [1.29, 1.82) is 0 Å². The van der Waals surface area contributed by atoms with Crippen molar-refractivity contribution in [3.05, 3.63) is 59.8 Å². The van der Waals surface area contributed by atoms with Gasteiger partial charge in [-0.25, -0.2) is 9.59 Å². The minimum atomic E-state index is -1.09. The molecular weight excluding hydrogens is 464 g/mol.